The summed E-state index contributed by atoms with van der Waals surface area (Å²) in [4.78, 5) is 4.34. The molecule has 0 saturated carbocycles. The fraction of sp³-hybridized carbons (Fsp3) is 0.0500. The van der Waals surface area contributed by atoms with Crippen LogP contribution in [0.25, 0.3) is 0 Å². The van der Waals surface area contributed by atoms with Crippen LogP contribution in [0.15, 0.2) is 90.6 Å². The number of hydrogen-bond donors (Lipinski definition) is 0. The zero-order chi connectivity index (χ0) is 19.7. The topological polar surface area (TPSA) is 56.9 Å². The summed E-state index contributed by atoms with van der Waals surface area (Å²) in [6.45, 7) is 0. The lowest BCUT2D eigenvalue weighted by Gasteiger charge is -2.19. The van der Waals surface area contributed by atoms with Crippen molar-refractivity contribution in [3.63, 3.8) is 0 Å². The summed E-state index contributed by atoms with van der Waals surface area (Å²) in [5.74, 6) is 0. The number of aromatic nitrogens is 3. The van der Waals surface area contributed by atoms with Crippen molar-refractivity contribution in [2.45, 2.75) is 10.9 Å². The Morgan fingerprint density at radius 2 is 1.75 bits per heavy atom. The molecule has 0 N–H and O–H groups in total. The van der Waals surface area contributed by atoms with Gasteiger partial charge in [0.15, 0.2) is 0 Å². The van der Waals surface area contributed by atoms with Crippen LogP contribution < -0.4 is 0 Å². The Labute approximate surface area is 172 Å². The van der Waals surface area contributed by atoms with E-state index in [0.717, 1.165) is 11.1 Å². The van der Waals surface area contributed by atoms with Gasteiger partial charge < -0.3 is 4.57 Å². The van der Waals surface area contributed by atoms with Gasteiger partial charge in [0.2, 0.25) is 0 Å². The van der Waals surface area contributed by atoms with Crippen molar-refractivity contribution in [2.24, 2.45) is 0 Å². The molecule has 0 radical (unpaired) electrons. The Balaban J connectivity index is 1.81. The number of rotatable bonds is 5. The minimum Gasteiger partial charge on any atom is -0.326 e. The lowest BCUT2D eigenvalue weighted by Crippen LogP contribution is -2.13. The maximum Gasteiger partial charge on any atom is 0.267 e. The number of benzene rings is 2. The summed E-state index contributed by atoms with van der Waals surface area (Å²) in [6, 6.07) is 15.0. The zero-order valence-corrected chi connectivity index (χ0v) is 16.8. The van der Waals surface area contributed by atoms with Gasteiger partial charge >= 0.3 is 0 Å². The average molecular weight is 432 g/mol. The van der Waals surface area contributed by atoms with Crippen molar-refractivity contribution >= 4 is 33.2 Å². The van der Waals surface area contributed by atoms with Crippen molar-refractivity contribution in [2.75, 3.05) is 0 Å². The third kappa shape index (κ3) is 3.46. The van der Waals surface area contributed by atoms with Crippen molar-refractivity contribution in [1.29, 1.82) is 0 Å². The zero-order valence-electron chi connectivity index (χ0n) is 14.5. The van der Waals surface area contributed by atoms with Crippen LogP contribution in [-0.2, 0) is 10.0 Å². The van der Waals surface area contributed by atoms with Crippen LogP contribution in [-0.4, -0.2) is 21.9 Å². The summed E-state index contributed by atoms with van der Waals surface area (Å²) in [5.41, 5.74) is 1.54. The molecule has 5 nitrogen and oxygen atoms in total. The molecule has 28 heavy (non-hydrogen) atoms. The van der Waals surface area contributed by atoms with Gasteiger partial charge in [-0.3, -0.25) is 0 Å². The van der Waals surface area contributed by atoms with E-state index >= 15 is 0 Å². The molecular formula is C20H15Cl2N3O2S. The van der Waals surface area contributed by atoms with Crippen molar-refractivity contribution < 1.29 is 8.42 Å². The minimum atomic E-state index is -3.68. The SMILES string of the molecule is O=S(=O)(c1ccccc1)n1ccc(C(c2ccc(Cl)cc2Cl)n2ccnc2)c1. The summed E-state index contributed by atoms with van der Waals surface area (Å²) < 4.78 is 28.9. The molecule has 2 heterocycles. The molecule has 0 aliphatic rings. The molecule has 8 heteroatoms. The first-order valence-corrected chi connectivity index (χ1v) is 10.6. The molecular weight excluding hydrogens is 417 g/mol. The van der Waals surface area contributed by atoms with E-state index in [9.17, 15) is 8.42 Å². The molecule has 0 aliphatic carbocycles. The molecule has 1 unspecified atom stereocenters. The van der Waals surface area contributed by atoms with Gasteiger partial charge in [0.05, 0.1) is 17.3 Å². The number of imidazole rings is 1. The maximum absolute atomic E-state index is 12.9. The standard InChI is InChI=1S/C20H15Cl2N3O2S/c21-16-6-7-18(19(22)12-16)20(24-11-9-23-14-24)15-8-10-25(13-15)28(26,27)17-4-2-1-3-5-17/h1-14,20H. The van der Waals surface area contributed by atoms with Crippen LogP contribution in [0.3, 0.4) is 0 Å². The monoisotopic (exact) mass is 431 g/mol. The van der Waals surface area contributed by atoms with E-state index in [1.54, 1.807) is 73.4 Å². The molecule has 2 aromatic heterocycles. The molecule has 0 saturated heterocycles. The van der Waals surface area contributed by atoms with E-state index < -0.39 is 10.0 Å². The first-order valence-electron chi connectivity index (χ1n) is 8.38. The minimum absolute atomic E-state index is 0.223. The first-order chi connectivity index (χ1) is 13.5. The number of halogens is 2. The number of hydrogen-bond acceptors (Lipinski definition) is 3. The lowest BCUT2D eigenvalue weighted by atomic mass is 10.0. The fourth-order valence-electron chi connectivity index (χ4n) is 3.08. The van der Waals surface area contributed by atoms with Gasteiger partial charge in [0, 0.05) is 34.8 Å². The molecule has 4 aromatic rings. The van der Waals surface area contributed by atoms with E-state index in [4.69, 9.17) is 23.2 Å². The summed E-state index contributed by atoms with van der Waals surface area (Å²) in [5, 5.41) is 1.02. The molecule has 0 aliphatic heterocycles. The van der Waals surface area contributed by atoms with Crippen LogP contribution in [0.2, 0.25) is 10.0 Å². The molecule has 0 fully saturated rings. The third-order valence-electron chi connectivity index (χ3n) is 4.40. The van der Waals surface area contributed by atoms with E-state index in [1.807, 2.05) is 10.6 Å². The normalized spacial score (nSPS) is 12.8. The second kappa shape index (κ2) is 7.47. The van der Waals surface area contributed by atoms with Gasteiger partial charge in [0.25, 0.3) is 10.0 Å². The Morgan fingerprint density at radius 1 is 0.964 bits per heavy atom. The largest absolute Gasteiger partial charge is 0.326 e. The highest BCUT2D eigenvalue weighted by molar-refractivity contribution is 7.90. The Morgan fingerprint density at radius 3 is 2.43 bits per heavy atom. The predicted octanol–water partition coefficient (Wildman–Crippen LogP) is 4.87. The summed E-state index contributed by atoms with van der Waals surface area (Å²) in [7, 11) is -3.68. The van der Waals surface area contributed by atoms with E-state index in [2.05, 4.69) is 4.98 Å². The fourth-order valence-corrected chi connectivity index (χ4v) is 4.81. The van der Waals surface area contributed by atoms with Crippen molar-refractivity contribution in [3.05, 3.63) is 107 Å². The van der Waals surface area contributed by atoms with Crippen molar-refractivity contribution in [3.8, 4) is 0 Å². The van der Waals surface area contributed by atoms with Crippen molar-refractivity contribution in [1.82, 2.24) is 13.5 Å². The highest BCUT2D eigenvalue weighted by atomic mass is 35.5. The Hall–Kier alpha value is -2.54. The number of nitrogens with zero attached hydrogens (tertiary/aromatic N) is 3. The van der Waals surface area contributed by atoms with Gasteiger partial charge in [-0.2, -0.15) is 0 Å². The molecule has 0 spiro atoms. The average Bonchev–Trinajstić information content (AvgIpc) is 3.37. The highest BCUT2D eigenvalue weighted by Crippen LogP contribution is 2.34. The van der Waals surface area contributed by atoms with Crippen LogP contribution in [0, 0.1) is 0 Å². The van der Waals surface area contributed by atoms with Crippen LogP contribution >= 0.6 is 23.2 Å². The second-order valence-corrected chi connectivity index (χ2v) is 8.86. The van der Waals surface area contributed by atoms with E-state index in [-0.39, 0.29) is 10.9 Å². The molecule has 0 bridgehead atoms. The van der Waals surface area contributed by atoms with Gasteiger partial charge in [-0.15, -0.1) is 0 Å². The predicted molar refractivity (Wildman–Crippen MR) is 109 cm³/mol. The summed E-state index contributed by atoms with van der Waals surface area (Å²) >= 11 is 12.5. The van der Waals surface area contributed by atoms with Gasteiger partial charge in [0.1, 0.15) is 0 Å². The van der Waals surface area contributed by atoms with E-state index in [0.29, 0.717) is 10.0 Å². The quantitative estimate of drug-likeness (QED) is 0.452. The lowest BCUT2D eigenvalue weighted by molar-refractivity contribution is 0.587. The van der Waals surface area contributed by atoms with Crippen LogP contribution in [0.5, 0.6) is 0 Å². The van der Waals surface area contributed by atoms with Crippen LogP contribution in [0.4, 0.5) is 0 Å². The molecule has 2 aromatic carbocycles. The highest BCUT2D eigenvalue weighted by Gasteiger charge is 2.23. The molecule has 0 amide bonds. The van der Waals surface area contributed by atoms with Gasteiger partial charge in [-0.25, -0.2) is 17.4 Å². The van der Waals surface area contributed by atoms with Gasteiger partial charge in [-0.05, 0) is 41.5 Å². The maximum atomic E-state index is 12.9. The molecule has 1 atom stereocenters. The second-order valence-electron chi connectivity index (χ2n) is 6.17. The Bertz CT molecular complexity index is 1200. The van der Waals surface area contributed by atoms with Crippen LogP contribution in [0.1, 0.15) is 17.2 Å². The Kier molecular flexibility index (Phi) is 5.02. The summed E-state index contributed by atoms with van der Waals surface area (Å²) in [6.07, 6.45) is 8.26. The third-order valence-corrected chi connectivity index (χ3v) is 6.62. The van der Waals surface area contributed by atoms with E-state index in [1.165, 1.54) is 10.2 Å². The van der Waals surface area contributed by atoms with Gasteiger partial charge in [-0.1, -0.05) is 47.5 Å². The smallest absolute Gasteiger partial charge is 0.267 e. The first kappa shape index (κ1) is 18.8. The molecule has 142 valence electrons. The molecule has 4 rings (SSSR count).